The van der Waals surface area contributed by atoms with Crippen LogP contribution in [0.1, 0.15) is 20.7 Å². The van der Waals surface area contributed by atoms with Crippen molar-refractivity contribution in [1.29, 1.82) is 0 Å². The number of fused-ring (bicyclic) bond motifs is 2. The van der Waals surface area contributed by atoms with Gasteiger partial charge in [-0.15, -0.1) is 0 Å². The van der Waals surface area contributed by atoms with Gasteiger partial charge in [0, 0.05) is 33.6 Å². The zero-order valence-corrected chi connectivity index (χ0v) is 28.0. The number of nitrogens with one attached hydrogen (secondary N) is 2. The maximum absolute atomic E-state index is 12.9. The van der Waals surface area contributed by atoms with E-state index in [4.69, 9.17) is 0 Å². The Morgan fingerprint density at radius 1 is 0.596 bits per heavy atom. The highest BCUT2D eigenvalue weighted by molar-refractivity contribution is 7.87. The van der Waals surface area contributed by atoms with Crippen molar-refractivity contribution in [2.75, 3.05) is 10.6 Å². The summed E-state index contributed by atoms with van der Waals surface area (Å²) in [7, 11) is -9.20. The summed E-state index contributed by atoms with van der Waals surface area (Å²) in [5, 5.41) is 22.2. The molecule has 52 heavy (non-hydrogen) atoms. The molecule has 2 atom stereocenters. The van der Waals surface area contributed by atoms with Crippen LogP contribution in [-0.4, -0.2) is 75.9 Å². The number of nitrogens with zero attached hydrogens (tertiary/aromatic N) is 2. The molecular weight excluding hydrogens is 717 g/mol. The van der Waals surface area contributed by atoms with Crippen LogP contribution in [-0.2, 0) is 20.2 Å². The molecule has 2 unspecified atom stereocenters. The molecule has 0 heterocycles. The number of aliphatic imine (C=N–C) groups is 2. The number of rotatable bonds is 6. The van der Waals surface area contributed by atoms with Gasteiger partial charge in [-0.1, -0.05) is 24.3 Å². The SMILES string of the molecule is O=C(Nc1ccc(C(=O)N=C2C=CC=C3C2=CC(O)=CC3S(=O)(=O)O)cc1)Nc1ccc(C(=O)N=C2C=CC=C3C2=CC(O)=CC3S(=O)(=O)O)cc1. The summed E-state index contributed by atoms with van der Waals surface area (Å²) < 4.78 is 66.5. The number of amides is 4. The average Bonchev–Trinajstić information content (AvgIpc) is 3.08. The Morgan fingerprint density at radius 2 is 0.962 bits per heavy atom. The van der Waals surface area contributed by atoms with Crippen molar-refractivity contribution in [3.63, 3.8) is 0 Å². The fourth-order valence-corrected chi connectivity index (χ4v) is 7.23. The van der Waals surface area contributed by atoms with Crippen molar-refractivity contribution in [3.05, 3.63) is 154 Å². The second kappa shape index (κ2) is 13.8. The topological polar surface area (TPSA) is 249 Å². The highest BCUT2D eigenvalue weighted by Crippen LogP contribution is 2.33. The predicted octanol–water partition coefficient (Wildman–Crippen LogP) is 4.76. The van der Waals surface area contributed by atoms with Crippen LogP contribution < -0.4 is 10.6 Å². The molecule has 6 N–H and O–H groups in total. The second-order valence-electron chi connectivity index (χ2n) is 11.5. The molecule has 4 amide bonds. The third-order valence-corrected chi connectivity index (χ3v) is 10.0. The number of benzene rings is 2. The lowest BCUT2D eigenvalue weighted by atomic mass is 9.89. The van der Waals surface area contributed by atoms with Gasteiger partial charge in [-0.2, -0.15) is 16.8 Å². The lowest BCUT2D eigenvalue weighted by Gasteiger charge is -2.23. The minimum atomic E-state index is -4.60. The standard InChI is InChI=1S/C35H26N4O11S2/c40-23-15-27-25(31(17-23)51(45,46)47)3-1-5-29(27)38-33(42)19-7-11-21(12-8-19)36-35(44)37-22-13-9-20(10-14-22)34(43)39-30-6-2-4-26-28(30)16-24(41)18-32(26)52(48,49)50/h1-18,31-32,40-41H,(H2,36,37,44)(H,45,46,47)(H,48,49,50). The lowest BCUT2D eigenvalue weighted by Crippen LogP contribution is -2.28. The van der Waals surface area contributed by atoms with E-state index in [-0.39, 0.29) is 44.8 Å². The van der Waals surface area contributed by atoms with E-state index in [2.05, 4.69) is 20.6 Å². The molecule has 4 aliphatic carbocycles. The molecule has 0 spiro atoms. The van der Waals surface area contributed by atoms with Crippen molar-refractivity contribution in [3.8, 4) is 0 Å². The van der Waals surface area contributed by atoms with Gasteiger partial charge in [0.15, 0.2) is 0 Å². The quantitative estimate of drug-likeness (QED) is 0.220. The van der Waals surface area contributed by atoms with Crippen LogP contribution in [0.5, 0.6) is 0 Å². The van der Waals surface area contributed by atoms with E-state index in [0.717, 1.165) is 12.2 Å². The van der Waals surface area contributed by atoms with Crippen LogP contribution in [0.4, 0.5) is 16.2 Å². The summed E-state index contributed by atoms with van der Waals surface area (Å²) in [5.41, 5.74) is 1.64. The zero-order valence-electron chi connectivity index (χ0n) is 26.4. The van der Waals surface area contributed by atoms with Crippen LogP contribution in [0.2, 0.25) is 0 Å². The first-order valence-electron chi connectivity index (χ1n) is 15.1. The first kappa shape index (κ1) is 35.6. The minimum Gasteiger partial charge on any atom is -0.508 e. The molecule has 0 fully saturated rings. The Balaban J connectivity index is 1.07. The Morgan fingerprint density at radius 3 is 1.31 bits per heavy atom. The number of carbonyl (C=O) groups excluding carboxylic acids is 3. The smallest absolute Gasteiger partial charge is 0.323 e. The molecule has 0 aromatic heterocycles. The fourth-order valence-electron chi connectivity index (χ4n) is 5.55. The van der Waals surface area contributed by atoms with Crippen molar-refractivity contribution in [1.82, 2.24) is 0 Å². The van der Waals surface area contributed by atoms with E-state index in [1.165, 1.54) is 97.1 Å². The van der Waals surface area contributed by atoms with Gasteiger partial charge in [0.2, 0.25) is 0 Å². The minimum absolute atomic E-state index is 0.0720. The van der Waals surface area contributed by atoms with Crippen LogP contribution in [0.15, 0.2) is 153 Å². The Hall–Kier alpha value is -6.27. The third kappa shape index (κ3) is 7.72. The zero-order chi connectivity index (χ0) is 37.4. The number of anilines is 2. The number of hydrogen-bond acceptors (Lipinski definition) is 9. The highest BCUT2D eigenvalue weighted by Gasteiger charge is 2.34. The van der Waals surface area contributed by atoms with Gasteiger partial charge in [0.1, 0.15) is 22.0 Å². The molecule has 0 radical (unpaired) electrons. The Kier molecular flexibility index (Phi) is 9.44. The lowest BCUT2D eigenvalue weighted by molar-refractivity contribution is 0.0994. The number of aliphatic hydroxyl groups excluding tert-OH is 2. The van der Waals surface area contributed by atoms with Crippen LogP contribution in [0.3, 0.4) is 0 Å². The Bertz CT molecular complexity index is 2290. The van der Waals surface area contributed by atoms with Gasteiger partial charge in [0.05, 0.1) is 11.4 Å². The predicted molar refractivity (Wildman–Crippen MR) is 192 cm³/mol. The maximum Gasteiger partial charge on any atom is 0.323 e. The number of carbonyl (C=O) groups is 3. The average molecular weight is 743 g/mol. The molecular formula is C35H26N4O11S2. The molecule has 4 aliphatic rings. The van der Waals surface area contributed by atoms with Crippen molar-refractivity contribution in [2.45, 2.75) is 10.5 Å². The number of hydrogen-bond donors (Lipinski definition) is 6. The van der Waals surface area contributed by atoms with Gasteiger partial charge in [-0.3, -0.25) is 18.7 Å². The van der Waals surface area contributed by atoms with Gasteiger partial charge in [-0.25, -0.2) is 14.8 Å². The molecule has 2 aromatic carbocycles. The van der Waals surface area contributed by atoms with Crippen LogP contribution >= 0.6 is 0 Å². The normalized spacial score (nSPS) is 21.0. The molecule has 15 nitrogen and oxygen atoms in total. The molecule has 0 saturated heterocycles. The largest absolute Gasteiger partial charge is 0.508 e. The number of urea groups is 1. The molecule has 0 aliphatic heterocycles. The van der Waals surface area contributed by atoms with E-state index in [1.54, 1.807) is 0 Å². The second-order valence-corrected chi connectivity index (χ2v) is 14.5. The summed E-state index contributed by atoms with van der Waals surface area (Å²) in [6, 6.07) is 10.8. The highest BCUT2D eigenvalue weighted by atomic mass is 32.2. The molecule has 2 aromatic rings. The third-order valence-electron chi connectivity index (χ3n) is 7.94. The van der Waals surface area contributed by atoms with Crippen LogP contribution in [0.25, 0.3) is 0 Å². The molecule has 264 valence electrons. The van der Waals surface area contributed by atoms with E-state index in [1.807, 2.05) is 0 Å². The summed E-state index contributed by atoms with van der Waals surface area (Å²) in [6.07, 6.45) is 13.1. The molecule has 17 heteroatoms. The molecule has 0 bridgehead atoms. The summed E-state index contributed by atoms with van der Waals surface area (Å²) in [6.45, 7) is 0. The van der Waals surface area contributed by atoms with Crippen molar-refractivity contribution < 1.29 is 50.5 Å². The molecule has 0 saturated carbocycles. The van der Waals surface area contributed by atoms with Gasteiger partial charge in [0.25, 0.3) is 32.1 Å². The van der Waals surface area contributed by atoms with Crippen LogP contribution in [0, 0.1) is 0 Å². The summed E-state index contributed by atoms with van der Waals surface area (Å²) in [4.78, 5) is 46.6. The van der Waals surface area contributed by atoms with Crippen molar-refractivity contribution in [2.24, 2.45) is 9.98 Å². The maximum atomic E-state index is 12.9. The first-order valence-corrected chi connectivity index (χ1v) is 18.1. The summed E-state index contributed by atoms with van der Waals surface area (Å²) in [5.74, 6) is -2.22. The van der Waals surface area contributed by atoms with E-state index >= 15 is 0 Å². The number of allylic oxidation sites excluding steroid dienone is 10. The first-order chi connectivity index (χ1) is 24.6. The fraction of sp³-hybridized carbons (Fsp3) is 0.0571. The van der Waals surface area contributed by atoms with Gasteiger partial charge < -0.3 is 20.8 Å². The summed E-state index contributed by atoms with van der Waals surface area (Å²) >= 11 is 0. The number of aliphatic hydroxyl groups is 2. The van der Waals surface area contributed by atoms with Gasteiger partial charge in [-0.05, 0) is 96.1 Å². The molecule has 6 rings (SSSR count). The Labute approximate surface area is 296 Å². The van der Waals surface area contributed by atoms with E-state index < -0.39 is 60.1 Å². The monoisotopic (exact) mass is 742 g/mol. The van der Waals surface area contributed by atoms with E-state index in [0.29, 0.717) is 11.4 Å². The van der Waals surface area contributed by atoms with Crippen molar-refractivity contribution >= 4 is 60.9 Å². The van der Waals surface area contributed by atoms with Gasteiger partial charge >= 0.3 is 6.03 Å². The van der Waals surface area contributed by atoms with E-state index in [9.17, 15) is 50.5 Å².